The molecule has 0 bridgehead atoms. The van der Waals surface area contributed by atoms with Gasteiger partial charge >= 0.3 is 6.03 Å². The highest BCUT2D eigenvalue weighted by Crippen LogP contribution is 2.21. The fraction of sp³-hybridized carbons (Fsp3) is 0.400. The molecule has 1 aromatic heterocycles. The molecule has 3 amide bonds. The van der Waals surface area contributed by atoms with Gasteiger partial charge < -0.3 is 20.0 Å². The van der Waals surface area contributed by atoms with Crippen LogP contribution in [0.15, 0.2) is 53.9 Å². The summed E-state index contributed by atoms with van der Waals surface area (Å²) in [6.45, 7) is 10.0. The molecule has 4 rings (SSSR count). The van der Waals surface area contributed by atoms with Crippen molar-refractivity contribution in [1.29, 1.82) is 0 Å². The second kappa shape index (κ2) is 13.0. The largest absolute Gasteiger partial charge is 0.332 e. The number of amides is 3. The number of benzene rings is 2. The van der Waals surface area contributed by atoms with E-state index in [1.807, 2.05) is 50.4 Å². The smallest absolute Gasteiger partial charge is 0.322 e. The zero-order valence-corrected chi connectivity index (χ0v) is 23.3. The Labute approximate surface area is 229 Å². The van der Waals surface area contributed by atoms with E-state index in [1.165, 1.54) is 25.0 Å². The average molecular weight is 537 g/mol. The average Bonchev–Trinajstić information content (AvgIpc) is 3.56. The topological polar surface area (TPSA) is 55.9 Å². The molecule has 3 aromatic rings. The maximum absolute atomic E-state index is 13.7. The lowest BCUT2D eigenvalue weighted by atomic mass is 10.1. The van der Waals surface area contributed by atoms with Crippen molar-refractivity contribution in [3.8, 4) is 0 Å². The standard InChI is InChI=1S/C30H37FN4O2S/c1-22-6-11-27(24(3)18-22)32-30(37)34(16-15-33-13-4-5-14-33)21-29(36)35(20-28-23(2)12-17-38-28)19-25-7-9-26(31)10-8-25/h6-12,17-18H,4-5,13-16,19-21H2,1-3H3,(H,32,37). The number of urea groups is 1. The Morgan fingerprint density at radius 2 is 1.68 bits per heavy atom. The third kappa shape index (κ3) is 7.65. The molecule has 1 N–H and O–H groups in total. The lowest BCUT2D eigenvalue weighted by molar-refractivity contribution is -0.133. The summed E-state index contributed by atoms with van der Waals surface area (Å²) in [7, 11) is 0. The predicted molar refractivity (Wildman–Crippen MR) is 152 cm³/mol. The molecule has 0 aliphatic carbocycles. The Morgan fingerprint density at radius 3 is 2.34 bits per heavy atom. The van der Waals surface area contributed by atoms with E-state index in [2.05, 4.69) is 10.2 Å². The van der Waals surface area contributed by atoms with Gasteiger partial charge in [-0.05, 0) is 93.0 Å². The van der Waals surface area contributed by atoms with E-state index in [9.17, 15) is 14.0 Å². The molecule has 2 heterocycles. The Morgan fingerprint density at radius 1 is 0.947 bits per heavy atom. The number of halogens is 1. The minimum absolute atomic E-state index is 0.0315. The zero-order chi connectivity index (χ0) is 27.1. The minimum Gasteiger partial charge on any atom is -0.332 e. The number of carbonyl (C=O) groups excluding carboxylic acids is 2. The van der Waals surface area contributed by atoms with Crippen LogP contribution in [-0.2, 0) is 17.9 Å². The van der Waals surface area contributed by atoms with Crippen LogP contribution in [0.2, 0.25) is 0 Å². The summed E-state index contributed by atoms with van der Waals surface area (Å²) >= 11 is 1.61. The third-order valence-corrected chi connectivity index (χ3v) is 8.07. The van der Waals surface area contributed by atoms with Gasteiger partial charge in [-0.15, -0.1) is 11.3 Å². The summed E-state index contributed by atoms with van der Waals surface area (Å²) in [5.74, 6) is -0.448. The summed E-state index contributed by atoms with van der Waals surface area (Å²) in [6.07, 6.45) is 2.33. The molecule has 0 atom stereocenters. The number of hydrogen-bond donors (Lipinski definition) is 1. The predicted octanol–water partition coefficient (Wildman–Crippen LogP) is 5.97. The fourth-order valence-corrected chi connectivity index (χ4v) is 5.63. The normalized spacial score (nSPS) is 13.5. The molecule has 1 aliphatic rings. The molecule has 0 spiro atoms. The second-order valence-electron chi connectivity index (χ2n) is 10.1. The number of likely N-dealkylation sites (tertiary alicyclic amines) is 1. The number of nitrogens with one attached hydrogen (secondary N) is 1. The highest BCUT2D eigenvalue weighted by Gasteiger charge is 2.24. The number of rotatable bonds is 10. The van der Waals surface area contributed by atoms with E-state index in [0.29, 0.717) is 19.6 Å². The Hall–Kier alpha value is -3.23. The summed E-state index contributed by atoms with van der Waals surface area (Å²) < 4.78 is 13.5. The number of aryl methyl sites for hydroxylation is 3. The van der Waals surface area contributed by atoms with Crippen molar-refractivity contribution in [1.82, 2.24) is 14.7 Å². The van der Waals surface area contributed by atoms with Crippen LogP contribution in [0.25, 0.3) is 0 Å². The van der Waals surface area contributed by atoms with E-state index in [0.717, 1.165) is 52.5 Å². The van der Waals surface area contributed by atoms with Gasteiger partial charge in [-0.3, -0.25) is 4.79 Å². The van der Waals surface area contributed by atoms with Crippen LogP contribution >= 0.6 is 11.3 Å². The summed E-state index contributed by atoms with van der Waals surface area (Å²) in [5.41, 5.74) is 4.83. The van der Waals surface area contributed by atoms with Gasteiger partial charge in [0.15, 0.2) is 0 Å². The molecular weight excluding hydrogens is 499 g/mol. The van der Waals surface area contributed by atoms with Crippen molar-refractivity contribution >= 4 is 29.0 Å². The van der Waals surface area contributed by atoms with E-state index in [4.69, 9.17) is 0 Å². The van der Waals surface area contributed by atoms with Crippen LogP contribution in [-0.4, -0.2) is 59.4 Å². The number of thiophene rings is 1. The fourth-order valence-electron chi connectivity index (χ4n) is 4.71. The zero-order valence-electron chi connectivity index (χ0n) is 22.5. The van der Waals surface area contributed by atoms with Gasteiger partial charge in [0, 0.05) is 30.2 Å². The van der Waals surface area contributed by atoms with Crippen molar-refractivity contribution in [3.05, 3.63) is 86.9 Å². The molecule has 0 radical (unpaired) electrons. The lowest BCUT2D eigenvalue weighted by Crippen LogP contribution is -2.46. The summed E-state index contributed by atoms with van der Waals surface area (Å²) in [4.78, 5) is 34.0. The van der Waals surface area contributed by atoms with Crippen LogP contribution in [0.1, 0.15) is 40.0 Å². The van der Waals surface area contributed by atoms with Gasteiger partial charge in [0.1, 0.15) is 12.4 Å². The van der Waals surface area contributed by atoms with Crippen molar-refractivity contribution < 1.29 is 14.0 Å². The molecule has 1 fully saturated rings. The third-order valence-electron chi connectivity index (χ3n) is 7.06. The first-order valence-electron chi connectivity index (χ1n) is 13.2. The maximum Gasteiger partial charge on any atom is 0.322 e. The highest BCUT2D eigenvalue weighted by molar-refractivity contribution is 7.10. The molecule has 2 aromatic carbocycles. The maximum atomic E-state index is 13.7. The van der Waals surface area contributed by atoms with E-state index >= 15 is 0 Å². The van der Waals surface area contributed by atoms with E-state index < -0.39 is 0 Å². The number of hydrogen-bond acceptors (Lipinski definition) is 4. The molecule has 1 saturated heterocycles. The molecule has 38 heavy (non-hydrogen) atoms. The molecule has 8 heteroatoms. The van der Waals surface area contributed by atoms with Gasteiger partial charge in [-0.25, -0.2) is 9.18 Å². The highest BCUT2D eigenvalue weighted by atomic mass is 32.1. The minimum atomic E-state index is -0.308. The quantitative estimate of drug-likeness (QED) is 0.347. The van der Waals surface area contributed by atoms with Crippen LogP contribution in [0.5, 0.6) is 0 Å². The van der Waals surface area contributed by atoms with Crippen LogP contribution in [0, 0.1) is 26.6 Å². The molecule has 202 valence electrons. The summed E-state index contributed by atoms with van der Waals surface area (Å²) in [5, 5.41) is 5.04. The van der Waals surface area contributed by atoms with Crippen molar-refractivity contribution in [2.75, 3.05) is 38.0 Å². The van der Waals surface area contributed by atoms with Crippen molar-refractivity contribution in [2.24, 2.45) is 0 Å². The first kappa shape index (κ1) is 27.8. The molecule has 0 unspecified atom stereocenters. The SMILES string of the molecule is Cc1ccc(NC(=O)N(CCN2CCCC2)CC(=O)N(Cc2ccc(F)cc2)Cc2sccc2C)c(C)c1. The lowest BCUT2D eigenvalue weighted by Gasteiger charge is -2.29. The monoisotopic (exact) mass is 536 g/mol. The van der Waals surface area contributed by atoms with Crippen LogP contribution < -0.4 is 5.32 Å². The molecule has 6 nitrogen and oxygen atoms in total. The van der Waals surface area contributed by atoms with Crippen molar-refractivity contribution in [3.63, 3.8) is 0 Å². The number of anilines is 1. The first-order chi connectivity index (χ1) is 18.3. The second-order valence-corrected chi connectivity index (χ2v) is 11.1. The van der Waals surface area contributed by atoms with Gasteiger partial charge in [-0.1, -0.05) is 29.8 Å². The van der Waals surface area contributed by atoms with Crippen LogP contribution in [0.4, 0.5) is 14.9 Å². The Kier molecular flexibility index (Phi) is 9.53. The van der Waals surface area contributed by atoms with Crippen LogP contribution in [0.3, 0.4) is 0 Å². The van der Waals surface area contributed by atoms with Gasteiger partial charge in [0.2, 0.25) is 5.91 Å². The number of carbonyl (C=O) groups is 2. The molecular formula is C30H37FN4O2S. The first-order valence-corrected chi connectivity index (χ1v) is 14.1. The molecule has 1 aliphatic heterocycles. The van der Waals surface area contributed by atoms with E-state index in [-0.39, 0.29) is 24.3 Å². The van der Waals surface area contributed by atoms with E-state index in [1.54, 1.807) is 33.3 Å². The summed E-state index contributed by atoms with van der Waals surface area (Å²) in [6, 6.07) is 13.9. The Balaban J connectivity index is 1.52. The van der Waals surface area contributed by atoms with Gasteiger partial charge in [0.05, 0.1) is 6.54 Å². The van der Waals surface area contributed by atoms with Crippen molar-refractivity contribution in [2.45, 2.75) is 46.7 Å². The Bertz CT molecular complexity index is 1240. The number of nitrogens with zero attached hydrogens (tertiary/aromatic N) is 3. The van der Waals surface area contributed by atoms with Gasteiger partial charge in [0.25, 0.3) is 0 Å². The molecule has 0 saturated carbocycles. The van der Waals surface area contributed by atoms with Gasteiger partial charge in [-0.2, -0.15) is 0 Å².